The molecule has 2 heterocycles. The lowest BCUT2D eigenvalue weighted by atomic mass is 9.73. The second-order valence-corrected chi connectivity index (χ2v) is 6.65. The Balaban J connectivity index is 2.16. The van der Waals surface area contributed by atoms with Crippen molar-refractivity contribution in [1.82, 2.24) is 10.2 Å². The van der Waals surface area contributed by atoms with Crippen LogP contribution < -0.4 is 5.32 Å². The van der Waals surface area contributed by atoms with E-state index in [2.05, 4.69) is 12.2 Å². The van der Waals surface area contributed by atoms with Crippen molar-refractivity contribution >= 4 is 11.9 Å². The van der Waals surface area contributed by atoms with Crippen LogP contribution in [-0.4, -0.2) is 48.1 Å². The number of nitrogens with one attached hydrogen (secondary N) is 1. The zero-order chi connectivity index (χ0) is 15.5. The van der Waals surface area contributed by atoms with E-state index in [4.69, 9.17) is 0 Å². The minimum absolute atomic E-state index is 0.185. The number of carbonyl (C=O) groups excluding carboxylic acids is 1. The lowest BCUT2D eigenvalue weighted by Gasteiger charge is -2.45. The third-order valence-electron chi connectivity index (χ3n) is 5.69. The van der Waals surface area contributed by atoms with Crippen LogP contribution in [0.4, 0.5) is 0 Å². The summed E-state index contributed by atoms with van der Waals surface area (Å²) in [6.45, 7) is 6.85. The molecule has 5 heteroatoms. The van der Waals surface area contributed by atoms with E-state index in [1.807, 2.05) is 11.8 Å². The molecule has 1 unspecified atom stereocenters. The topological polar surface area (TPSA) is 69.6 Å². The Labute approximate surface area is 127 Å². The van der Waals surface area contributed by atoms with Crippen molar-refractivity contribution in [2.45, 2.75) is 52.4 Å². The fraction of sp³-hybridized carbons (Fsp3) is 0.875. The van der Waals surface area contributed by atoms with Gasteiger partial charge in [0.15, 0.2) is 0 Å². The quantitative estimate of drug-likeness (QED) is 0.831. The number of carboxylic acids is 1. The normalized spacial score (nSPS) is 29.1. The number of likely N-dealkylation sites (tertiary alicyclic amines) is 1. The molecule has 2 rings (SSSR count). The molecule has 2 fully saturated rings. The number of carbonyl (C=O) groups is 2. The third kappa shape index (κ3) is 2.93. The van der Waals surface area contributed by atoms with Gasteiger partial charge in [-0.2, -0.15) is 0 Å². The number of nitrogens with zero attached hydrogens (tertiary/aromatic N) is 1. The molecule has 1 amide bonds. The van der Waals surface area contributed by atoms with Crippen LogP contribution >= 0.6 is 0 Å². The van der Waals surface area contributed by atoms with Crippen LogP contribution in [0.3, 0.4) is 0 Å². The molecule has 0 aromatic carbocycles. The molecule has 2 aliphatic heterocycles. The Kier molecular flexibility index (Phi) is 4.91. The van der Waals surface area contributed by atoms with E-state index in [0.29, 0.717) is 25.9 Å². The Morgan fingerprint density at radius 2 is 1.71 bits per heavy atom. The number of carboxylic acid groups (broad SMARTS) is 1. The van der Waals surface area contributed by atoms with Crippen LogP contribution in [0.15, 0.2) is 0 Å². The molecule has 0 aliphatic carbocycles. The van der Waals surface area contributed by atoms with Crippen LogP contribution in [-0.2, 0) is 9.59 Å². The summed E-state index contributed by atoms with van der Waals surface area (Å²) >= 11 is 0. The molecule has 1 atom stereocenters. The van der Waals surface area contributed by atoms with E-state index in [0.717, 1.165) is 38.8 Å². The Morgan fingerprint density at radius 3 is 2.24 bits per heavy atom. The van der Waals surface area contributed by atoms with Gasteiger partial charge in [-0.15, -0.1) is 0 Å². The van der Waals surface area contributed by atoms with E-state index in [1.54, 1.807) is 0 Å². The van der Waals surface area contributed by atoms with Crippen molar-refractivity contribution in [3.8, 4) is 0 Å². The maximum atomic E-state index is 13.0. The number of piperidine rings is 2. The molecular weight excluding hydrogens is 268 g/mol. The molecule has 0 spiro atoms. The second kappa shape index (κ2) is 6.34. The maximum absolute atomic E-state index is 13.0. The highest BCUT2D eigenvalue weighted by atomic mass is 16.4. The predicted molar refractivity (Wildman–Crippen MR) is 81.0 cm³/mol. The predicted octanol–water partition coefficient (Wildman–Crippen LogP) is 1.87. The molecule has 2 aliphatic rings. The maximum Gasteiger partial charge on any atom is 0.311 e. The van der Waals surface area contributed by atoms with Gasteiger partial charge in [0, 0.05) is 13.1 Å². The average molecular weight is 296 g/mol. The van der Waals surface area contributed by atoms with Crippen LogP contribution in [0.1, 0.15) is 52.4 Å². The first-order chi connectivity index (χ1) is 9.99. The lowest BCUT2D eigenvalue weighted by Crippen LogP contribution is -2.55. The molecule has 0 aromatic heterocycles. The van der Waals surface area contributed by atoms with Gasteiger partial charge in [0.25, 0.3) is 0 Å². The highest BCUT2D eigenvalue weighted by Crippen LogP contribution is 2.39. The number of amides is 1. The molecular formula is C16H28N2O3. The fourth-order valence-electron chi connectivity index (χ4n) is 3.88. The molecule has 5 nitrogen and oxygen atoms in total. The van der Waals surface area contributed by atoms with Crippen molar-refractivity contribution in [3.05, 3.63) is 0 Å². The summed E-state index contributed by atoms with van der Waals surface area (Å²) in [7, 11) is 0. The smallest absolute Gasteiger partial charge is 0.311 e. The van der Waals surface area contributed by atoms with Crippen LogP contribution in [0, 0.1) is 10.8 Å². The standard InChI is InChI=1S/C16H28N2O3/c1-3-15(7-9-17-10-8-15)13(19)18-11-5-6-16(4-2,12-18)14(20)21/h17H,3-12H2,1-2H3,(H,20,21). The summed E-state index contributed by atoms with van der Waals surface area (Å²) in [6, 6.07) is 0. The summed E-state index contributed by atoms with van der Waals surface area (Å²) in [4.78, 5) is 26.5. The van der Waals surface area contributed by atoms with Gasteiger partial charge in [-0.25, -0.2) is 0 Å². The number of hydrogen-bond donors (Lipinski definition) is 2. The van der Waals surface area contributed by atoms with Crippen molar-refractivity contribution < 1.29 is 14.7 Å². The molecule has 2 saturated heterocycles. The molecule has 0 saturated carbocycles. The Hall–Kier alpha value is -1.10. The first-order valence-electron chi connectivity index (χ1n) is 8.23. The van der Waals surface area contributed by atoms with E-state index in [9.17, 15) is 14.7 Å². The van der Waals surface area contributed by atoms with Gasteiger partial charge in [0.05, 0.1) is 10.8 Å². The molecule has 21 heavy (non-hydrogen) atoms. The zero-order valence-corrected chi connectivity index (χ0v) is 13.3. The van der Waals surface area contributed by atoms with Crippen molar-refractivity contribution in [1.29, 1.82) is 0 Å². The molecule has 120 valence electrons. The monoisotopic (exact) mass is 296 g/mol. The number of rotatable bonds is 4. The van der Waals surface area contributed by atoms with Crippen molar-refractivity contribution in [2.24, 2.45) is 10.8 Å². The minimum Gasteiger partial charge on any atom is -0.481 e. The highest BCUT2D eigenvalue weighted by Gasteiger charge is 2.46. The van der Waals surface area contributed by atoms with Crippen LogP contribution in [0.5, 0.6) is 0 Å². The van der Waals surface area contributed by atoms with Gasteiger partial charge in [-0.1, -0.05) is 13.8 Å². The average Bonchev–Trinajstić information content (AvgIpc) is 2.54. The largest absolute Gasteiger partial charge is 0.481 e. The fourth-order valence-corrected chi connectivity index (χ4v) is 3.88. The lowest BCUT2D eigenvalue weighted by molar-refractivity contribution is -0.159. The van der Waals surface area contributed by atoms with E-state index >= 15 is 0 Å². The van der Waals surface area contributed by atoms with Gasteiger partial charge in [0.2, 0.25) is 5.91 Å². The molecule has 0 aromatic rings. The van der Waals surface area contributed by atoms with Gasteiger partial charge in [-0.05, 0) is 51.6 Å². The Bertz CT molecular complexity index is 404. The second-order valence-electron chi connectivity index (χ2n) is 6.65. The molecule has 0 radical (unpaired) electrons. The summed E-state index contributed by atoms with van der Waals surface area (Å²) in [5.41, 5.74) is -1.02. The van der Waals surface area contributed by atoms with E-state index in [-0.39, 0.29) is 11.3 Å². The molecule has 0 bridgehead atoms. The van der Waals surface area contributed by atoms with Crippen LogP contribution in [0.2, 0.25) is 0 Å². The number of aliphatic carboxylic acids is 1. The van der Waals surface area contributed by atoms with E-state index in [1.165, 1.54) is 0 Å². The van der Waals surface area contributed by atoms with Crippen molar-refractivity contribution in [3.63, 3.8) is 0 Å². The van der Waals surface area contributed by atoms with Gasteiger partial charge in [-0.3, -0.25) is 9.59 Å². The highest BCUT2D eigenvalue weighted by molar-refractivity contribution is 5.84. The first-order valence-corrected chi connectivity index (χ1v) is 8.23. The van der Waals surface area contributed by atoms with Crippen molar-refractivity contribution in [2.75, 3.05) is 26.2 Å². The van der Waals surface area contributed by atoms with Gasteiger partial charge >= 0.3 is 5.97 Å². The summed E-state index contributed by atoms with van der Waals surface area (Å²) < 4.78 is 0. The zero-order valence-electron chi connectivity index (χ0n) is 13.3. The van der Waals surface area contributed by atoms with Crippen LogP contribution in [0.25, 0.3) is 0 Å². The Morgan fingerprint density at radius 1 is 1.10 bits per heavy atom. The summed E-state index contributed by atoms with van der Waals surface area (Å²) in [5, 5.41) is 12.9. The molecule has 2 N–H and O–H groups in total. The first kappa shape index (κ1) is 16.3. The summed E-state index contributed by atoms with van der Waals surface area (Å²) in [5.74, 6) is -0.566. The SMILES string of the molecule is CCC1(C(=O)O)CCCN(C(=O)C2(CC)CCNCC2)C1. The summed E-state index contributed by atoms with van der Waals surface area (Å²) in [6.07, 6.45) is 4.65. The van der Waals surface area contributed by atoms with Gasteiger partial charge in [0.1, 0.15) is 0 Å². The van der Waals surface area contributed by atoms with E-state index < -0.39 is 11.4 Å². The minimum atomic E-state index is -0.752. The third-order valence-corrected chi connectivity index (χ3v) is 5.69. The van der Waals surface area contributed by atoms with Gasteiger partial charge < -0.3 is 15.3 Å². The number of hydrogen-bond acceptors (Lipinski definition) is 3.